The average molecular weight is 697 g/mol. The maximum absolute atomic E-state index is 12.2. The van der Waals surface area contributed by atoms with Crippen molar-refractivity contribution in [2.45, 2.75) is 187 Å². The van der Waals surface area contributed by atoms with Crippen LogP contribution in [0, 0.1) is 0 Å². The van der Waals surface area contributed by atoms with Crippen molar-refractivity contribution in [2.24, 2.45) is 0 Å². The van der Waals surface area contributed by atoms with Crippen molar-refractivity contribution in [3.8, 4) is 0 Å². The third-order valence-electron chi connectivity index (χ3n) is 8.49. The molecule has 0 saturated carbocycles. The van der Waals surface area contributed by atoms with Gasteiger partial charge in [0, 0.05) is 12.8 Å². The highest BCUT2D eigenvalue weighted by atomic mass is 16.6. The topological polar surface area (TPSA) is 72.8 Å². The fourth-order valence-corrected chi connectivity index (χ4v) is 5.35. The Bertz CT molecular complexity index is 926. The Kier molecular flexibility index (Phi) is 38.6. The standard InChI is InChI=1S/C45H76O5/c1-3-5-7-9-11-13-15-17-19-21-22-24-25-27-29-31-33-35-37-39-44(47)49-42-43(41-46)50-45(48)40-38-36-34-32-30-28-26-23-20-18-16-14-12-10-8-6-4-2/h11,13,17-20,22,24,27,29,33,35,43,46H,3-10,12,14-16,21,23,25-26,28,30-32,34,36-42H2,1-2H3/t43-/m0/s1. The summed E-state index contributed by atoms with van der Waals surface area (Å²) >= 11 is 0. The highest BCUT2D eigenvalue weighted by molar-refractivity contribution is 5.70. The maximum atomic E-state index is 12.2. The lowest BCUT2D eigenvalue weighted by Gasteiger charge is -2.15. The van der Waals surface area contributed by atoms with E-state index in [1.165, 1.54) is 103 Å². The van der Waals surface area contributed by atoms with E-state index in [0.717, 1.165) is 44.9 Å². The number of carbonyl (C=O) groups excluding carboxylic acids is 2. The molecule has 0 heterocycles. The minimum absolute atomic E-state index is 0.110. The van der Waals surface area contributed by atoms with Crippen molar-refractivity contribution >= 4 is 11.9 Å². The lowest BCUT2D eigenvalue weighted by Crippen LogP contribution is -2.28. The third kappa shape index (κ3) is 38.1. The molecule has 0 spiro atoms. The van der Waals surface area contributed by atoms with Gasteiger partial charge in [0.05, 0.1) is 6.61 Å². The van der Waals surface area contributed by atoms with Gasteiger partial charge in [-0.05, 0) is 77.0 Å². The summed E-state index contributed by atoms with van der Waals surface area (Å²) in [5.41, 5.74) is 0. The fourth-order valence-electron chi connectivity index (χ4n) is 5.35. The second-order valence-corrected chi connectivity index (χ2v) is 13.4. The summed E-state index contributed by atoms with van der Waals surface area (Å²) in [6, 6.07) is 0. The van der Waals surface area contributed by atoms with E-state index in [0.29, 0.717) is 12.8 Å². The molecule has 5 heteroatoms. The molecule has 286 valence electrons. The Balaban J connectivity index is 3.70. The summed E-state index contributed by atoms with van der Waals surface area (Å²) in [4.78, 5) is 24.2. The summed E-state index contributed by atoms with van der Waals surface area (Å²) < 4.78 is 10.5. The molecule has 0 fully saturated rings. The zero-order valence-corrected chi connectivity index (χ0v) is 32.4. The molecule has 0 aromatic carbocycles. The number of aliphatic hydroxyl groups is 1. The molecule has 0 radical (unpaired) electrons. The maximum Gasteiger partial charge on any atom is 0.306 e. The smallest absolute Gasteiger partial charge is 0.306 e. The molecule has 0 rings (SSSR count). The first kappa shape index (κ1) is 47.3. The molecule has 0 aliphatic rings. The number of hydrogen-bond donors (Lipinski definition) is 1. The predicted octanol–water partition coefficient (Wildman–Crippen LogP) is 13.0. The van der Waals surface area contributed by atoms with Crippen LogP contribution in [0.15, 0.2) is 72.9 Å². The summed E-state index contributed by atoms with van der Waals surface area (Å²) in [7, 11) is 0. The molecule has 0 amide bonds. The SMILES string of the molecule is CCCCCC=CCC=CCC=CCC=CCC=CCCC(=O)OC[C@H](CO)OC(=O)CCCCCCCCCC=CCCCCCCCC. The van der Waals surface area contributed by atoms with Gasteiger partial charge in [-0.1, -0.05) is 164 Å². The minimum Gasteiger partial charge on any atom is -0.462 e. The van der Waals surface area contributed by atoms with E-state index in [4.69, 9.17) is 9.47 Å². The molecule has 1 N–H and O–H groups in total. The van der Waals surface area contributed by atoms with E-state index >= 15 is 0 Å². The molecule has 5 nitrogen and oxygen atoms in total. The molecule has 0 unspecified atom stereocenters. The highest BCUT2D eigenvalue weighted by Crippen LogP contribution is 2.12. The Morgan fingerprint density at radius 3 is 1.34 bits per heavy atom. The number of hydrogen-bond acceptors (Lipinski definition) is 5. The number of aliphatic hydroxyl groups excluding tert-OH is 1. The molecule has 0 aliphatic carbocycles. The molecule has 1 atom stereocenters. The van der Waals surface area contributed by atoms with E-state index in [1.807, 2.05) is 12.2 Å². The number of rotatable bonds is 36. The third-order valence-corrected chi connectivity index (χ3v) is 8.49. The quantitative estimate of drug-likeness (QED) is 0.0401. The number of carbonyl (C=O) groups is 2. The van der Waals surface area contributed by atoms with Gasteiger partial charge in [-0.3, -0.25) is 9.59 Å². The van der Waals surface area contributed by atoms with Crippen LogP contribution in [0.4, 0.5) is 0 Å². The van der Waals surface area contributed by atoms with Crippen LogP contribution in [-0.4, -0.2) is 36.4 Å². The number of esters is 2. The van der Waals surface area contributed by atoms with Crippen molar-refractivity contribution in [3.05, 3.63) is 72.9 Å². The summed E-state index contributed by atoms with van der Waals surface area (Å²) in [5.74, 6) is -0.696. The first-order valence-electron chi connectivity index (χ1n) is 20.5. The Labute approximate surface area is 308 Å². The zero-order chi connectivity index (χ0) is 36.4. The van der Waals surface area contributed by atoms with E-state index < -0.39 is 6.10 Å². The van der Waals surface area contributed by atoms with Gasteiger partial charge in [0.2, 0.25) is 0 Å². The first-order valence-corrected chi connectivity index (χ1v) is 20.5. The number of unbranched alkanes of at least 4 members (excludes halogenated alkanes) is 16. The minimum atomic E-state index is -0.806. The summed E-state index contributed by atoms with van der Waals surface area (Å²) in [6.45, 7) is 4.03. The molecule has 50 heavy (non-hydrogen) atoms. The van der Waals surface area contributed by atoms with E-state index in [1.54, 1.807) is 0 Å². The van der Waals surface area contributed by atoms with Crippen molar-refractivity contribution in [2.75, 3.05) is 13.2 Å². The van der Waals surface area contributed by atoms with Crippen LogP contribution in [0.5, 0.6) is 0 Å². The van der Waals surface area contributed by atoms with Crippen LogP contribution in [0.1, 0.15) is 181 Å². The molecule has 0 aromatic rings. The van der Waals surface area contributed by atoms with E-state index in [-0.39, 0.29) is 31.6 Å². The van der Waals surface area contributed by atoms with Gasteiger partial charge in [-0.25, -0.2) is 0 Å². The Morgan fingerprint density at radius 1 is 0.460 bits per heavy atom. The Morgan fingerprint density at radius 2 is 0.840 bits per heavy atom. The second-order valence-electron chi connectivity index (χ2n) is 13.4. The van der Waals surface area contributed by atoms with E-state index in [2.05, 4.69) is 74.6 Å². The van der Waals surface area contributed by atoms with Crippen molar-refractivity contribution in [1.29, 1.82) is 0 Å². The summed E-state index contributed by atoms with van der Waals surface area (Å²) in [5, 5.41) is 9.55. The van der Waals surface area contributed by atoms with Gasteiger partial charge in [0.15, 0.2) is 6.10 Å². The van der Waals surface area contributed by atoms with Crippen LogP contribution in [0.25, 0.3) is 0 Å². The lowest BCUT2D eigenvalue weighted by molar-refractivity contribution is -0.161. The largest absolute Gasteiger partial charge is 0.462 e. The van der Waals surface area contributed by atoms with Gasteiger partial charge >= 0.3 is 11.9 Å². The van der Waals surface area contributed by atoms with Gasteiger partial charge in [0.25, 0.3) is 0 Å². The number of ether oxygens (including phenoxy) is 2. The van der Waals surface area contributed by atoms with E-state index in [9.17, 15) is 14.7 Å². The van der Waals surface area contributed by atoms with Crippen LogP contribution >= 0.6 is 0 Å². The molecule has 0 aliphatic heterocycles. The van der Waals surface area contributed by atoms with Gasteiger partial charge in [-0.15, -0.1) is 0 Å². The molecule has 0 aromatic heterocycles. The van der Waals surface area contributed by atoms with Crippen LogP contribution < -0.4 is 0 Å². The van der Waals surface area contributed by atoms with Crippen molar-refractivity contribution in [1.82, 2.24) is 0 Å². The summed E-state index contributed by atoms with van der Waals surface area (Å²) in [6.07, 6.45) is 54.0. The highest BCUT2D eigenvalue weighted by Gasteiger charge is 2.15. The van der Waals surface area contributed by atoms with Gasteiger partial charge in [-0.2, -0.15) is 0 Å². The fraction of sp³-hybridized carbons (Fsp3) is 0.689. The van der Waals surface area contributed by atoms with Crippen molar-refractivity contribution in [3.63, 3.8) is 0 Å². The number of allylic oxidation sites excluding steroid dienone is 12. The Hall–Kier alpha value is -2.66. The van der Waals surface area contributed by atoms with Gasteiger partial charge in [0.1, 0.15) is 6.61 Å². The molecule has 0 bridgehead atoms. The molecule has 0 saturated heterocycles. The average Bonchev–Trinajstić information content (AvgIpc) is 3.12. The monoisotopic (exact) mass is 697 g/mol. The van der Waals surface area contributed by atoms with Crippen molar-refractivity contribution < 1.29 is 24.2 Å². The lowest BCUT2D eigenvalue weighted by atomic mass is 10.1. The zero-order valence-electron chi connectivity index (χ0n) is 32.4. The van der Waals surface area contributed by atoms with Crippen LogP contribution in [0.3, 0.4) is 0 Å². The van der Waals surface area contributed by atoms with Crippen LogP contribution in [-0.2, 0) is 19.1 Å². The first-order chi connectivity index (χ1) is 24.6. The second kappa shape index (κ2) is 40.8. The predicted molar refractivity (Wildman–Crippen MR) is 214 cm³/mol. The molecular formula is C45H76O5. The molecular weight excluding hydrogens is 620 g/mol. The van der Waals surface area contributed by atoms with Crippen LogP contribution in [0.2, 0.25) is 0 Å². The van der Waals surface area contributed by atoms with Gasteiger partial charge < -0.3 is 14.6 Å². The normalized spacial score (nSPS) is 12.9.